The SMILES string of the molecule is CCC(C)CCCC(CO)CCC(C)CC. The van der Waals surface area contributed by atoms with E-state index >= 15 is 0 Å². The van der Waals surface area contributed by atoms with Gasteiger partial charge in [0.2, 0.25) is 0 Å². The van der Waals surface area contributed by atoms with E-state index < -0.39 is 0 Å². The van der Waals surface area contributed by atoms with Gasteiger partial charge in [0.05, 0.1) is 0 Å². The van der Waals surface area contributed by atoms with Crippen LogP contribution in [0.1, 0.15) is 72.6 Å². The molecule has 0 amide bonds. The molecule has 98 valence electrons. The van der Waals surface area contributed by atoms with Crippen molar-refractivity contribution >= 4 is 0 Å². The van der Waals surface area contributed by atoms with Crippen molar-refractivity contribution in [3.63, 3.8) is 0 Å². The lowest BCUT2D eigenvalue weighted by Gasteiger charge is -2.17. The summed E-state index contributed by atoms with van der Waals surface area (Å²) in [6.07, 6.45) is 8.90. The van der Waals surface area contributed by atoms with Gasteiger partial charge in [-0.05, 0) is 30.6 Å². The molecule has 3 atom stereocenters. The highest BCUT2D eigenvalue weighted by atomic mass is 16.3. The molecule has 1 heteroatoms. The van der Waals surface area contributed by atoms with E-state index in [0.29, 0.717) is 12.5 Å². The molecule has 16 heavy (non-hydrogen) atoms. The number of aliphatic hydroxyl groups is 1. The Kier molecular flexibility index (Phi) is 10.1. The quantitative estimate of drug-likeness (QED) is 0.577. The molecule has 0 aliphatic rings. The topological polar surface area (TPSA) is 20.2 Å². The average molecular weight is 228 g/mol. The molecule has 0 bridgehead atoms. The minimum Gasteiger partial charge on any atom is -0.396 e. The second-order valence-electron chi connectivity index (χ2n) is 5.58. The maximum Gasteiger partial charge on any atom is 0.0459 e. The molecular weight excluding hydrogens is 196 g/mol. The van der Waals surface area contributed by atoms with Crippen molar-refractivity contribution < 1.29 is 5.11 Å². The van der Waals surface area contributed by atoms with Crippen LogP contribution in [0.4, 0.5) is 0 Å². The summed E-state index contributed by atoms with van der Waals surface area (Å²) in [6.45, 7) is 9.54. The van der Waals surface area contributed by atoms with Crippen LogP contribution in [-0.2, 0) is 0 Å². The molecule has 0 saturated carbocycles. The first kappa shape index (κ1) is 16.0. The van der Waals surface area contributed by atoms with Crippen molar-refractivity contribution in [2.45, 2.75) is 72.6 Å². The molecule has 3 unspecified atom stereocenters. The fraction of sp³-hybridized carbons (Fsp3) is 1.00. The van der Waals surface area contributed by atoms with Crippen LogP contribution in [0.5, 0.6) is 0 Å². The third kappa shape index (κ3) is 8.15. The summed E-state index contributed by atoms with van der Waals surface area (Å²) in [6, 6.07) is 0. The van der Waals surface area contributed by atoms with Gasteiger partial charge in [0.15, 0.2) is 0 Å². The van der Waals surface area contributed by atoms with Gasteiger partial charge >= 0.3 is 0 Å². The van der Waals surface area contributed by atoms with Gasteiger partial charge in [-0.1, -0.05) is 59.8 Å². The Balaban J connectivity index is 3.58. The van der Waals surface area contributed by atoms with E-state index in [1.807, 2.05) is 0 Å². The van der Waals surface area contributed by atoms with E-state index in [4.69, 9.17) is 0 Å². The van der Waals surface area contributed by atoms with E-state index in [1.54, 1.807) is 0 Å². The van der Waals surface area contributed by atoms with Crippen LogP contribution in [0.15, 0.2) is 0 Å². The molecule has 0 radical (unpaired) electrons. The Morgan fingerprint density at radius 1 is 0.812 bits per heavy atom. The van der Waals surface area contributed by atoms with Crippen molar-refractivity contribution in [3.8, 4) is 0 Å². The number of aliphatic hydroxyl groups excluding tert-OH is 1. The highest BCUT2D eigenvalue weighted by Gasteiger charge is 2.10. The molecule has 0 rings (SSSR count). The Morgan fingerprint density at radius 3 is 1.88 bits per heavy atom. The molecule has 0 fully saturated rings. The maximum absolute atomic E-state index is 9.33. The lowest BCUT2D eigenvalue weighted by molar-refractivity contribution is 0.198. The highest BCUT2D eigenvalue weighted by Crippen LogP contribution is 2.21. The van der Waals surface area contributed by atoms with Crippen molar-refractivity contribution in [3.05, 3.63) is 0 Å². The van der Waals surface area contributed by atoms with E-state index in [9.17, 15) is 5.11 Å². The number of hydrogen-bond acceptors (Lipinski definition) is 1. The smallest absolute Gasteiger partial charge is 0.0459 e. The van der Waals surface area contributed by atoms with Crippen LogP contribution < -0.4 is 0 Å². The molecule has 0 saturated heterocycles. The van der Waals surface area contributed by atoms with Gasteiger partial charge in [-0.2, -0.15) is 0 Å². The lowest BCUT2D eigenvalue weighted by Crippen LogP contribution is -2.08. The van der Waals surface area contributed by atoms with Gasteiger partial charge in [0.1, 0.15) is 0 Å². The summed E-state index contributed by atoms with van der Waals surface area (Å²) >= 11 is 0. The first-order chi connectivity index (χ1) is 7.63. The number of hydrogen-bond donors (Lipinski definition) is 1. The van der Waals surface area contributed by atoms with Crippen LogP contribution in [-0.4, -0.2) is 11.7 Å². The summed E-state index contributed by atoms with van der Waals surface area (Å²) < 4.78 is 0. The summed E-state index contributed by atoms with van der Waals surface area (Å²) in [5.41, 5.74) is 0. The van der Waals surface area contributed by atoms with Gasteiger partial charge in [-0.25, -0.2) is 0 Å². The molecule has 0 aromatic carbocycles. The molecule has 0 aliphatic heterocycles. The Bertz CT molecular complexity index is 144. The summed E-state index contributed by atoms with van der Waals surface area (Å²) in [4.78, 5) is 0. The molecule has 0 aromatic heterocycles. The molecule has 0 spiro atoms. The molecular formula is C15H32O. The summed E-state index contributed by atoms with van der Waals surface area (Å²) in [5.74, 6) is 2.23. The first-order valence-corrected chi connectivity index (χ1v) is 7.24. The Morgan fingerprint density at radius 2 is 1.38 bits per heavy atom. The van der Waals surface area contributed by atoms with Crippen LogP contribution in [0.2, 0.25) is 0 Å². The zero-order valence-corrected chi connectivity index (χ0v) is 11.8. The van der Waals surface area contributed by atoms with Gasteiger partial charge in [0.25, 0.3) is 0 Å². The minimum absolute atomic E-state index is 0.386. The molecule has 1 N–H and O–H groups in total. The molecule has 1 nitrogen and oxygen atoms in total. The Hall–Kier alpha value is -0.0400. The van der Waals surface area contributed by atoms with Crippen molar-refractivity contribution in [1.29, 1.82) is 0 Å². The second-order valence-corrected chi connectivity index (χ2v) is 5.58. The lowest BCUT2D eigenvalue weighted by atomic mass is 9.90. The van der Waals surface area contributed by atoms with Crippen molar-refractivity contribution in [2.24, 2.45) is 17.8 Å². The van der Waals surface area contributed by atoms with Gasteiger partial charge in [0, 0.05) is 6.61 Å². The fourth-order valence-electron chi connectivity index (χ4n) is 2.01. The van der Waals surface area contributed by atoms with E-state index in [1.165, 1.54) is 44.9 Å². The van der Waals surface area contributed by atoms with Crippen LogP contribution in [0.25, 0.3) is 0 Å². The standard InChI is InChI=1S/C15H32O/c1-5-13(3)8-7-9-15(12-16)11-10-14(4)6-2/h13-16H,5-12H2,1-4H3. The van der Waals surface area contributed by atoms with E-state index in [2.05, 4.69) is 27.7 Å². The maximum atomic E-state index is 9.33. The van der Waals surface area contributed by atoms with Crippen LogP contribution in [0, 0.1) is 17.8 Å². The highest BCUT2D eigenvalue weighted by molar-refractivity contribution is 4.62. The zero-order chi connectivity index (χ0) is 12.4. The average Bonchev–Trinajstić information content (AvgIpc) is 2.32. The number of rotatable bonds is 10. The van der Waals surface area contributed by atoms with Gasteiger partial charge in [-0.3, -0.25) is 0 Å². The molecule has 0 aliphatic carbocycles. The normalized spacial score (nSPS) is 17.1. The minimum atomic E-state index is 0.386. The van der Waals surface area contributed by atoms with Gasteiger partial charge < -0.3 is 5.11 Å². The van der Waals surface area contributed by atoms with E-state index in [-0.39, 0.29) is 0 Å². The molecule has 0 aromatic rings. The van der Waals surface area contributed by atoms with Crippen molar-refractivity contribution in [1.82, 2.24) is 0 Å². The second kappa shape index (κ2) is 10.1. The first-order valence-electron chi connectivity index (χ1n) is 7.24. The van der Waals surface area contributed by atoms with E-state index in [0.717, 1.165) is 11.8 Å². The summed E-state index contributed by atoms with van der Waals surface area (Å²) in [5, 5.41) is 9.33. The predicted molar refractivity (Wildman–Crippen MR) is 72.6 cm³/mol. The van der Waals surface area contributed by atoms with Gasteiger partial charge in [-0.15, -0.1) is 0 Å². The largest absolute Gasteiger partial charge is 0.396 e. The zero-order valence-electron chi connectivity index (χ0n) is 11.8. The molecule has 0 heterocycles. The van der Waals surface area contributed by atoms with Crippen LogP contribution in [0.3, 0.4) is 0 Å². The van der Waals surface area contributed by atoms with Crippen LogP contribution >= 0.6 is 0 Å². The monoisotopic (exact) mass is 228 g/mol. The summed E-state index contributed by atoms with van der Waals surface area (Å²) in [7, 11) is 0. The Labute approximate surface area is 103 Å². The third-order valence-electron chi connectivity index (χ3n) is 4.03. The predicted octanol–water partition coefficient (Wildman–Crippen LogP) is 4.64. The van der Waals surface area contributed by atoms with Crippen molar-refractivity contribution in [2.75, 3.05) is 6.61 Å². The third-order valence-corrected chi connectivity index (χ3v) is 4.03. The fourth-order valence-corrected chi connectivity index (χ4v) is 2.01.